The van der Waals surface area contributed by atoms with Gasteiger partial charge >= 0.3 is 5.97 Å². The smallest absolute Gasteiger partial charge is 0.328 e. The second-order valence-electron chi connectivity index (χ2n) is 4.85. The maximum atomic E-state index is 12.1. The van der Waals surface area contributed by atoms with E-state index in [9.17, 15) is 9.59 Å². The van der Waals surface area contributed by atoms with Crippen LogP contribution in [0.5, 0.6) is 0 Å². The van der Waals surface area contributed by atoms with Crippen LogP contribution in [0, 0.1) is 0 Å². The molecule has 108 valence electrons. The topological polar surface area (TPSA) is 46.6 Å². The SMILES string of the molecule is CCC(c1ccc(Cl)cc1)N1C(=O)CCC1C(=O)OC. The van der Waals surface area contributed by atoms with Crippen LogP contribution < -0.4 is 0 Å². The summed E-state index contributed by atoms with van der Waals surface area (Å²) in [6.45, 7) is 2.00. The number of carbonyl (C=O) groups is 2. The van der Waals surface area contributed by atoms with Crippen LogP contribution in [0.4, 0.5) is 0 Å². The molecule has 0 radical (unpaired) electrons. The van der Waals surface area contributed by atoms with E-state index in [0.717, 1.165) is 12.0 Å². The highest BCUT2D eigenvalue weighted by molar-refractivity contribution is 6.30. The Morgan fingerprint density at radius 2 is 2.10 bits per heavy atom. The van der Waals surface area contributed by atoms with Crippen molar-refractivity contribution in [1.82, 2.24) is 4.90 Å². The highest BCUT2D eigenvalue weighted by Gasteiger charge is 2.40. The molecule has 1 amide bonds. The van der Waals surface area contributed by atoms with Crippen molar-refractivity contribution in [2.75, 3.05) is 7.11 Å². The third kappa shape index (κ3) is 2.80. The summed E-state index contributed by atoms with van der Waals surface area (Å²) in [7, 11) is 1.35. The molecule has 5 heteroatoms. The molecular formula is C15H18ClNO3. The van der Waals surface area contributed by atoms with Crippen LogP contribution in [0.25, 0.3) is 0 Å². The molecule has 1 aliphatic rings. The third-order valence-corrected chi connectivity index (χ3v) is 3.96. The minimum absolute atomic E-state index is 0.00204. The standard InChI is InChI=1S/C15H18ClNO3/c1-3-12(10-4-6-11(16)7-5-10)17-13(15(19)20-2)8-9-14(17)18/h4-7,12-13H,3,8-9H2,1-2H3. The molecule has 1 aliphatic heterocycles. The fourth-order valence-corrected chi connectivity index (χ4v) is 2.86. The third-order valence-electron chi connectivity index (χ3n) is 3.71. The molecule has 2 atom stereocenters. The number of esters is 1. The molecule has 20 heavy (non-hydrogen) atoms. The summed E-state index contributed by atoms with van der Waals surface area (Å²) in [4.78, 5) is 25.6. The highest BCUT2D eigenvalue weighted by atomic mass is 35.5. The zero-order chi connectivity index (χ0) is 14.7. The summed E-state index contributed by atoms with van der Waals surface area (Å²) in [6, 6.07) is 6.80. The Balaban J connectivity index is 2.31. The summed E-state index contributed by atoms with van der Waals surface area (Å²) >= 11 is 5.89. The van der Waals surface area contributed by atoms with E-state index in [0.29, 0.717) is 17.9 Å². The Bertz CT molecular complexity index is 500. The number of hydrogen-bond acceptors (Lipinski definition) is 3. The number of benzene rings is 1. The molecule has 0 N–H and O–H groups in total. The van der Waals surface area contributed by atoms with Gasteiger partial charge in [-0.1, -0.05) is 30.7 Å². The second-order valence-corrected chi connectivity index (χ2v) is 5.29. The summed E-state index contributed by atoms with van der Waals surface area (Å²) in [6.07, 6.45) is 1.65. The number of likely N-dealkylation sites (tertiary alicyclic amines) is 1. The first-order chi connectivity index (χ1) is 9.58. The Morgan fingerprint density at radius 3 is 2.65 bits per heavy atom. The Kier molecular flexibility index (Phi) is 4.65. The largest absolute Gasteiger partial charge is 0.467 e. The lowest BCUT2D eigenvalue weighted by Gasteiger charge is -2.31. The summed E-state index contributed by atoms with van der Waals surface area (Å²) in [5, 5.41) is 0.654. The van der Waals surface area contributed by atoms with E-state index in [4.69, 9.17) is 16.3 Å². The number of nitrogens with zero attached hydrogens (tertiary/aromatic N) is 1. The molecule has 0 saturated carbocycles. The maximum absolute atomic E-state index is 12.1. The lowest BCUT2D eigenvalue weighted by Crippen LogP contribution is -2.41. The van der Waals surface area contributed by atoms with Gasteiger partial charge in [-0.3, -0.25) is 4.79 Å². The van der Waals surface area contributed by atoms with Crippen molar-refractivity contribution in [3.05, 3.63) is 34.9 Å². The fraction of sp³-hybridized carbons (Fsp3) is 0.467. The van der Waals surface area contributed by atoms with Crippen LogP contribution in [0.2, 0.25) is 5.02 Å². The predicted molar refractivity (Wildman–Crippen MR) is 76.4 cm³/mol. The van der Waals surface area contributed by atoms with Gasteiger partial charge in [-0.25, -0.2) is 4.79 Å². The first-order valence-corrected chi connectivity index (χ1v) is 7.10. The fourth-order valence-electron chi connectivity index (χ4n) is 2.74. The minimum atomic E-state index is -0.479. The highest BCUT2D eigenvalue weighted by Crippen LogP contribution is 2.33. The van der Waals surface area contributed by atoms with Crippen molar-refractivity contribution in [3.8, 4) is 0 Å². The summed E-state index contributed by atoms with van der Waals surface area (Å²) < 4.78 is 4.81. The van der Waals surface area contributed by atoms with Crippen LogP contribution in [0.3, 0.4) is 0 Å². The van der Waals surface area contributed by atoms with Gasteiger partial charge in [0.25, 0.3) is 0 Å². The van der Waals surface area contributed by atoms with Crippen molar-refractivity contribution < 1.29 is 14.3 Å². The number of methoxy groups -OCH3 is 1. The quantitative estimate of drug-likeness (QED) is 0.802. The van der Waals surface area contributed by atoms with Crippen molar-refractivity contribution in [2.24, 2.45) is 0 Å². The van der Waals surface area contributed by atoms with Gasteiger partial charge in [0.2, 0.25) is 5.91 Å². The summed E-state index contributed by atoms with van der Waals surface area (Å²) in [5.41, 5.74) is 0.987. The van der Waals surface area contributed by atoms with Crippen LogP contribution >= 0.6 is 11.6 Å². The van der Waals surface area contributed by atoms with E-state index in [2.05, 4.69) is 0 Å². The Labute approximate surface area is 123 Å². The molecule has 1 heterocycles. The Morgan fingerprint density at radius 1 is 1.45 bits per heavy atom. The second kappa shape index (κ2) is 6.27. The molecule has 0 aliphatic carbocycles. The first-order valence-electron chi connectivity index (χ1n) is 6.73. The van der Waals surface area contributed by atoms with Gasteiger partial charge in [0.05, 0.1) is 13.2 Å². The van der Waals surface area contributed by atoms with E-state index < -0.39 is 6.04 Å². The molecule has 2 rings (SSSR count). The molecular weight excluding hydrogens is 278 g/mol. The van der Waals surface area contributed by atoms with Gasteiger partial charge in [-0.2, -0.15) is 0 Å². The van der Waals surface area contributed by atoms with E-state index >= 15 is 0 Å². The van der Waals surface area contributed by atoms with E-state index in [1.165, 1.54) is 7.11 Å². The van der Waals surface area contributed by atoms with Gasteiger partial charge in [-0.05, 0) is 30.5 Å². The minimum Gasteiger partial charge on any atom is -0.467 e. The molecule has 1 fully saturated rings. The van der Waals surface area contributed by atoms with Crippen LogP contribution in [0.1, 0.15) is 37.8 Å². The van der Waals surface area contributed by atoms with Gasteiger partial charge in [-0.15, -0.1) is 0 Å². The summed E-state index contributed by atoms with van der Waals surface area (Å²) in [5.74, 6) is -0.342. The Hall–Kier alpha value is -1.55. The van der Waals surface area contributed by atoms with Crippen LogP contribution in [-0.4, -0.2) is 29.9 Å². The van der Waals surface area contributed by atoms with E-state index in [1.54, 1.807) is 17.0 Å². The van der Waals surface area contributed by atoms with Gasteiger partial charge in [0, 0.05) is 11.4 Å². The lowest BCUT2D eigenvalue weighted by molar-refractivity contribution is -0.151. The molecule has 0 bridgehead atoms. The molecule has 1 aromatic carbocycles. The average Bonchev–Trinajstić information content (AvgIpc) is 2.83. The number of amides is 1. The van der Waals surface area contributed by atoms with E-state index in [1.807, 2.05) is 19.1 Å². The van der Waals surface area contributed by atoms with Crippen LogP contribution in [0.15, 0.2) is 24.3 Å². The van der Waals surface area contributed by atoms with Gasteiger partial charge in [0.1, 0.15) is 6.04 Å². The van der Waals surface area contributed by atoms with Crippen molar-refractivity contribution in [2.45, 2.75) is 38.3 Å². The number of ether oxygens (including phenoxy) is 1. The number of carbonyl (C=O) groups excluding carboxylic acids is 2. The number of hydrogen-bond donors (Lipinski definition) is 0. The predicted octanol–water partition coefficient (Wildman–Crippen LogP) is 2.96. The van der Waals surface area contributed by atoms with Crippen molar-refractivity contribution in [3.63, 3.8) is 0 Å². The normalized spacial score (nSPS) is 20.1. The van der Waals surface area contributed by atoms with E-state index in [-0.39, 0.29) is 17.9 Å². The molecule has 2 unspecified atom stereocenters. The van der Waals surface area contributed by atoms with Crippen molar-refractivity contribution in [1.29, 1.82) is 0 Å². The average molecular weight is 296 g/mol. The lowest BCUT2D eigenvalue weighted by atomic mass is 10.0. The number of rotatable bonds is 4. The molecule has 0 spiro atoms. The number of halogens is 1. The molecule has 1 aromatic rings. The van der Waals surface area contributed by atoms with Crippen molar-refractivity contribution >= 4 is 23.5 Å². The van der Waals surface area contributed by atoms with Gasteiger partial charge in [0.15, 0.2) is 0 Å². The van der Waals surface area contributed by atoms with Crippen LogP contribution in [-0.2, 0) is 14.3 Å². The van der Waals surface area contributed by atoms with Gasteiger partial charge < -0.3 is 9.64 Å². The zero-order valence-corrected chi connectivity index (χ0v) is 12.4. The molecule has 0 aromatic heterocycles. The zero-order valence-electron chi connectivity index (χ0n) is 11.6. The maximum Gasteiger partial charge on any atom is 0.328 e. The first kappa shape index (κ1) is 14.9. The molecule has 1 saturated heterocycles. The molecule has 4 nitrogen and oxygen atoms in total. The monoisotopic (exact) mass is 295 g/mol.